The molecule has 0 aromatic heterocycles. The van der Waals surface area contributed by atoms with Gasteiger partial charge in [-0.3, -0.25) is 9.59 Å². The highest BCUT2D eigenvalue weighted by Gasteiger charge is 2.21. The van der Waals surface area contributed by atoms with Gasteiger partial charge < -0.3 is 15.7 Å². The van der Waals surface area contributed by atoms with Crippen molar-refractivity contribution in [3.8, 4) is 5.75 Å². The maximum atomic E-state index is 12.8. The third-order valence-electron chi connectivity index (χ3n) is 2.81. The highest BCUT2D eigenvalue weighted by atomic mass is 19.1. The summed E-state index contributed by atoms with van der Waals surface area (Å²) in [6.07, 6.45) is 0.917. The number of rotatable bonds is 2. The highest BCUT2D eigenvalue weighted by Crippen LogP contribution is 2.18. The lowest BCUT2D eigenvalue weighted by Gasteiger charge is -2.23. The highest BCUT2D eigenvalue weighted by molar-refractivity contribution is 5.97. The molecule has 1 heterocycles. The SMILES string of the molecule is O=C1CCC(NC(=O)c2ccc(F)cc2O)CN1. The van der Waals surface area contributed by atoms with Gasteiger partial charge in [0.2, 0.25) is 5.91 Å². The topological polar surface area (TPSA) is 78.4 Å². The number of amides is 2. The molecule has 1 aliphatic heterocycles. The Kier molecular flexibility index (Phi) is 3.45. The first-order valence-electron chi connectivity index (χ1n) is 5.62. The van der Waals surface area contributed by atoms with Crippen LogP contribution >= 0.6 is 0 Å². The number of nitrogens with one attached hydrogen (secondary N) is 2. The summed E-state index contributed by atoms with van der Waals surface area (Å²) < 4.78 is 12.8. The molecule has 1 atom stereocenters. The van der Waals surface area contributed by atoms with Crippen LogP contribution in [0.15, 0.2) is 18.2 Å². The minimum Gasteiger partial charge on any atom is -0.507 e. The molecule has 0 saturated carbocycles. The van der Waals surface area contributed by atoms with Crippen LogP contribution in [0.1, 0.15) is 23.2 Å². The van der Waals surface area contributed by atoms with Crippen molar-refractivity contribution in [2.75, 3.05) is 6.54 Å². The molecule has 2 amide bonds. The number of halogens is 1. The molecule has 18 heavy (non-hydrogen) atoms. The van der Waals surface area contributed by atoms with E-state index < -0.39 is 17.5 Å². The minimum atomic E-state index is -0.603. The van der Waals surface area contributed by atoms with Gasteiger partial charge in [0.1, 0.15) is 11.6 Å². The average molecular weight is 252 g/mol. The van der Waals surface area contributed by atoms with Crippen LogP contribution in [-0.2, 0) is 4.79 Å². The zero-order chi connectivity index (χ0) is 13.1. The number of aromatic hydroxyl groups is 1. The summed E-state index contributed by atoms with van der Waals surface area (Å²) in [7, 11) is 0. The number of carbonyl (C=O) groups is 2. The second-order valence-corrected chi connectivity index (χ2v) is 4.17. The van der Waals surface area contributed by atoms with Crippen LogP contribution in [0.4, 0.5) is 4.39 Å². The van der Waals surface area contributed by atoms with Gasteiger partial charge in [0.05, 0.1) is 5.56 Å². The number of phenolic OH excluding ortho intramolecular Hbond substituents is 1. The van der Waals surface area contributed by atoms with E-state index >= 15 is 0 Å². The number of carbonyl (C=O) groups excluding carboxylic acids is 2. The molecule has 96 valence electrons. The van der Waals surface area contributed by atoms with Crippen molar-refractivity contribution in [2.45, 2.75) is 18.9 Å². The third kappa shape index (κ3) is 2.77. The van der Waals surface area contributed by atoms with E-state index in [9.17, 15) is 19.1 Å². The Morgan fingerprint density at radius 2 is 2.28 bits per heavy atom. The molecular formula is C12H13FN2O3. The summed E-state index contributed by atoms with van der Waals surface area (Å²) in [5.74, 6) is -1.51. The van der Waals surface area contributed by atoms with Crippen LogP contribution in [0.25, 0.3) is 0 Å². The van der Waals surface area contributed by atoms with Crippen LogP contribution in [0.5, 0.6) is 5.75 Å². The molecule has 1 aromatic rings. The number of hydrogen-bond donors (Lipinski definition) is 3. The molecule has 1 aromatic carbocycles. The fourth-order valence-corrected chi connectivity index (χ4v) is 1.82. The Bertz CT molecular complexity index is 480. The maximum absolute atomic E-state index is 12.8. The van der Waals surface area contributed by atoms with Crippen LogP contribution in [0.3, 0.4) is 0 Å². The van der Waals surface area contributed by atoms with Crippen molar-refractivity contribution in [2.24, 2.45) is 0 Å². The Hall–Kier alpha value is -2.11. The molecule has 1 aliphatic rings. The third-order valence-corrected chi connectivity index (χ3v) is 2.81. The Balaban J connectivity index is 2.01. The van der Waals surface area contributed by atoms with Gasteiger partial charge in [-0.25, -0.2) is 4.39 Å². The fourth-order valence-electron chi connectivity index (χ4n) is 1.82. The van der Waals surface area contributed by atoms with Crippen LogP contribution in [0.2, 0.25) is 0 Å². The Morgan fingerprint density at radius 1 is 1.50 bits per heavy atom. The lowest BCUT2D eigenvalue weighted by atomic mass is 10.1. The van der Waals surface area contributed by atoms with Gasteiger partial charge in [0.25, 0.3) is 5.91 Å². The van der Waals surface area contributed by atoms with E-state index in [1.807, 2.05) is 0 Å². The Morgan fingerprint density at radius 3 is 2.89 bits per heavy atom. The quantitative estimate of drug-likeness (QED) is 0.718. The fraction of sp³-hybridized carbons (Fsp3) is 0.333. The summed E-state index contributed by atoms with van der Waals surface area (Å²) in [6, 6.07) is 3.05. The molecule has 0 bridgehead atoms. The zero-order valence-electron chi connectivity index (χ0n) is 9.57. The molecule has 0 spiro atoms. The molecule has 5 nitrogen and oxygen atoms in total. The first kappa shape index (κ1) is 12.3. The van der Waals surface area contributed by atoms with Gasteiger partial charge in [-0.2, -0.15) is 0 Å². The van der Waals surface area contributed by atoms with Gasteiger partial charge in [0, 0.05) is 25.1 Å². The van der Waals surface area contributed by atoms with E-state index in [4.69, 9.17) is 0 Å². The number of piperidine rings is 1. The van der Waals surface area contributed by atoms with Gasteiger partial charge >= 0.3 is 0 Å². The maximum Gasteiger partial charge on any atom is 0.255 e. The minimum absolute atomic E-state index is 0.0216. The van der Waals surface area contributed by atoms with E-state index in [0.29, 0.717) is 19.4 Å². The first-order valence-corrected chi connectivity index (χ1v) is 5.62. The van der Waals surface area contributed by atoms with Crippen LogP contribution in [0, 0.1) is 5.82 Å². The van der Waals surface area contributed by atoms with Gasteiger partial charge in [-0.05, 0) is 18.6 Å². The lowest BCUT2D eigenvalue weighted by molar-refractivity contribution is -0.122. The second-order valence-electron chi connectivity index (χ2n) is 4.17. The van der Waals surface area contributed by atoms with Gasteiger partial charge in [0.15, 0.2) is 0 Å². The van der Waals surface area contributed by atoms with Gasteiger partial charge in [-0.1, -0.05) is 0 Å². The van der Waals surface area contributed by atoms with E-state index in [1.165, 1.54) is 6.07 Å². The molecule has 1 fully saturated rings. The largest absolute Gasteiger partial charge is 0.507 e. The van der Waals surface area contributed by atoms with E-state index in [2.05, 4.69) is 10.6 Å². The van der Waals surface area contributed by atoms with Crippen molar-refractivity contribution in [1.82, 2.24) is 10.6 Å². The second kappa shape index (κ2) is 5.03. The zero-order valence-corrected chi connectivity index (χ0v) is 9.57. The molecule has 1 unspecified atom stereocenters. The molecular weight excluding hydrogens is 239 g/mol. The summed E-state index contributed by atoms with van der Waals surface area (Å²) in [5.41, 5.74) is 0.0216. The van der Waals surface area contributed by atoms with Gasteiger partial charge in [-0.15, -0.1) is 0 Å². The predicted octanol–water partition coefficient (Wildman–Crippen LogP) is 0.540. The standard InChI is InChI=1S/C12H13FN2O3/c13-7-1-3-9(10(16)5-7)12(18)15-8-2-4-11(17)14-6-8/h1,3,5,8,16H,2,4,6H2,(H,14,17)(H,15,18). The van der Waals surface area contributed by atoms with E-state index in [1.54, 1.807) is 0 Å². The van der Waals surface area contributed by atoms with Crippen molar-refractivity contribution in [1.29, 1.82) is 0 Å². The van der Waals surface area contributed by atoms with E-state index in [-0.39, 0.29) is 17.5 Å². The number of benzene rings is 1. The Labute approximate surface area is 103 Å². The smallest absolute Gasteiger partial charge is 0.255 e. The van der Waals surface area contributed by atoms with Crippen molar-refractivity contribution in [3.63, 3.8) is 0 Å². The number of hydrogen-bond acceptors (Lipinski definition) is 3. The van der Waals surface area contributed by atoms with Crippen molar-refractivity contribution >= 4 is 11.8 Å². The summed E-state index contributed by atoms with van der Waals surface area (Å²) in [5, 5.41) is 14.8. The molecule has 0 radical (unpaired) electrons. The summed E-state index contributed by atoms with van der Waals surface area (Å²) in [4.78, 5) is 22.8. The summed E-state index contributed by atoms with van der Waals surface area (Å²) in [6.45, 7) is 0.368. The van der Waals surface area contributed by atoms with Crippen LogP contribution in [-0.4, -0.2) is 29.5 Å². The molecule has 1 saturated heterocycles. The van der Waals surface area contributed by atoms with Crippen molar-refractivity contribution < 1.29 is 19.1 Å². The molecule has 2 rings (SSSR count). The first-order chi connectivity index (χ1) is 8.56. The monoisotopic (exact) mass is 252 g/mol. The van der Waals surface area contributed by atoms with E-state index in [0.717, 1.165) is 12.1 Å². The molecule has 0 aliphatic carbocycles. The molecule has 3 N–H and O–H groups in total. The lowest BCUT2D eigenvalue weighted by Crippen LogP contribution is -2.47. The normalized spacial score (nSPS) is 19.2. The molecule has 6 heteroatoms. The summed E-state index contributed by atoms with van der Waals surface area (Å²) >= 11 is 0. The van der Waals surface area contributed by atoms with Crippen molar-refractivity contribution in [3.05, 3.63) is 29.6 Å². The average Bonchev–Trinajstić information content (AvgIpc) is 2.32. The van der Waals surface area contributed by atoms with Crippen LogP contribution < -0.4 is 10.6 Å². The predicted molar refractivity (Wildman–Crippen MR) is 61.6 cm³/mol. The number of phenols is 1.